The van der Waals surface area contributed by atoms with Gasteiger partial charge in [-0.1, -0.05) is 39.0 Å². The summed E-state index contributed by atoms with van der Waals surface area (Å²) in [5, 5.41) is 6.83. The molecule has 1 heterocycles. The first-order valence-corrected chi connectivity index (χ1v) is 7.90. The minimum Gasteiger partial charge on any atom is -0.367 e. The topological polar surface area (TPSA) is 49.8 Å². The average Bonchev–Trinajstić information content (AvgIpc) is 3.21. The van der Waals surface area contributed by atoms with Crippen LogP contribution in [0.15, 0.2) is 30.3 Å². The maximum absolute atomic E-state index is 4.60. The molecular weight excluding hydrogens is 272 g/mol. The number of nitrogens with zero attached hydrogens (tertiary/aromatic N) is 2. The fourth-order valence-electron chi connectivity index (χ4n) is 2.50. The minimum atomic E-state index is 0.0719. The SMILES string of the molecule is Cc1cc(NC2CC2)nc(Nc2ccccc2C(C)(C)C)n1. The molecule has 4 heteroatoms. The Hall–Kier alpha value is -2.10. The van der Waals surface area contributed by atoms with Gasteiger partial charge in [0.25, 0.3) is 0 Å². The third kappa shape index (κ3) is 3.56. The molecule has 0 unspecified atom stereocenters. The van der Waals surface area contributed by atoms with Crippen molar-refractivity contribution >= 4 is 17.5 Å². The molecule has 22 heavy (non-hydrogen) atoms. The number of rotatable bonds is 4. The van der Waals surface area contributed by atoms with Crippen LogP contribution in [0.3, 0.4) is 0 Å². The molecule has 1 fully saturated rings. The summed E-state index contributed by atoms with van der Waals surface area (Å²) >= 11 is 0. The van der Waals surface area contributed by atoms with E-state index in [2.05, 4.69) is 59.6 Å². The molecular formula is C18H24N4. The normalized spacial score (nSPS) is 14.7. The number of nitrogens with one attached hydrogen (secondary N) is 2. The Kier molecular flexibility index (Phi) is 3.77. The molecule has 2 N–H and O–H groups in total. The fourth-order valence-corrected chi connectivity index (χ4v) is 2.50. The molecule has 0 aliphatic heterocycles. The third-order valence-corrected chi connectivity index (χ3v) is 3.77. The van der Waals surface area contributed by atoms with E-state index in [1.807, 2.05) is 19.1 Å². The van der Waals surface area contributed by atoms with Crippen LogP contribution in [-0.2, 0) is 5.41 Å². The lowest BCUT2D eigenvalue weighted by Crippen LogP contribution is -2.14. The monoisotopic (exact) mass is 296 g/mol. The van der Waals surface area contributed by atoms with Gasteiger partial charge in [-0.2, -0.15) is 4.98 Å². The summed E-state index contributed by atoms with van der Waals surface area (Å²) in [5.74, 6) is 1.56. The standard InChI is InChI=1S/C18H24N4/c1-12-11-16(20-13-9-10-13)22-17(19-12)21-15-8-6-5-7-14(15)18(2,3)4/h5-8,11,13H,9-10H2,1-4H3,(H2,19,20,21,22). The zero-order valence-electron chi connectivity index (χ0n) is 13.8. The highest BCUT2D eigenvalue weighted by Crippen LogP contribution is 2.31. The summed E-state index contributed by atoms with van der Waals surface area (Å²) in [6.45, 7) is 8.64. The molecule has 1 aliphatic rings. The molecule has 3 rings (SSSR count). The Morgan fingerprint density at radius 3 is 2.50 bits per heavy atom. The summed E-state index contributed by atoms with van der Waals surface area (Å²) in [4.78, 5) is 9.12. The molecule has 116 valence electrons. The lowest BCUT2D eigenvalue weighted by molar-refractivity contribution is 0.592. The van der Waals surface area contributed by atoms with Crippen molar-refractivity contribution < 1.29 is 0 Å². The van der Waals surface area contributed by atoms with E-state index in [4.69, 9.17) is 0 Å². The third-order valence-electron chi connectivity index (χ3n) is 3.77. The highest BCUT2D eigenvalue weighted by Gasteiger charge is 2.22. The Labute approximate surface area is 132 Å². The number of hydrogen-bond acceptors (Lipinski definition) is 4. The van der Waals surface area contributed by atoms with Crippen molar-refractivity contribution in [2.45, 2.75) is 52.0 Å². The number of anilines is 3. The molecule has 0 radical (unpaired) electrons. The second-order valence-corrected chi connectivity index (χ2v) is 7.06. The van der Waals surface area contributed by atoms with Gasteiger partial charge in [0.1, 0.15) is 5.82 Å². The van der Waals surface area contributed by atoms with Crippen LogP contribution in [0.2, 0.25) is 0 Å². The minimum absolute atomic E-state index is 0.0719. The van der Waals surface area contributed by atoms with E-state index in [1.165, 1.54) is 18.4 Å². The van der Waals surface area contributed by atoms with Crippen LogP contribution >= 0.6 is 0 Å². The predicted molar refractivity (Wildman–Crippen MR) is 91.8 cm³/mol. The van der Waals surface area contributed by atoms with E-state index < -0.39 is 0 Å². The maximum Gasteiger partial charge on any atom is 0.229 e. The first kappa shape index (κ1) is 14.8. The van der Waals surface area contributed by atoms with Crippen LogP contribution in [0.4, 0.5) is 17.5 Å². The highest BCUT2D eigenvalue weighted by molar-refractivity contribution is 5.61. The molecule has 1 aliphatic carbocycles. The van der Waals surface area contributed by atoms with Crippen molar-refractivity contribution in [2.24, 2.45) is 0 Å². The van der Waals surface area contributed by atoms with Crippen LogP contribution in [0, 0.1) is 6.92 Å². The zero-order chi connectivity index (χ0) is 15.7. The van der Waals surface area contributed by atoms with Crippen LogP contribution in [0.1, 0.15) is 44.9 Å². The Balaban J connectivity index is 1.88. The van der Waals surface area contributed by atoms with Crippen LogP contribution < -0.4 is 10.6 Å². The Bertz CT molecular complexity index is 669. The van der Waals surface area contributed by atoms with Gasteiger partial charge in [0.2, 0.25) is 5.95 Å². The molecule has 1 saturated carbocycles. The van der Waals surface area contributed by atoms with E-state index in [9.17, 15) is 0 Å². The van der Waals surface area contributed by atoms with E-state index >= 15 is 0 Å². The van der Waals surface area contributed by atoms with Gasteiger partial charge in [-0.05, 0) is 36.8 Å². The van der Waals surface area contributed by atoms with Gasteiger partial charge in [0.05, 0.1) is 0 Å². The van der Waals surface area contributed by atoms with Crippen LogP contribution in [0.5, 0.6) is 0 Å². The number of aryl methyl sites for hydroxylation is 1. The molecule has 1 aromatic heterocycles. The van der Waals surface area contributed by atoms with Gasteiger partial charge in [-0.25, -0.2) is 4.98 Å². The van der Waals surface area contributed by atoms with Crippen molar-refractivity contribution in [2.75, 3.05) is 10.6 Å². The second-order valence-electron chi connectivity index (χ2n) is 7.06. The van der Waals surface area contributed by atoms with Gasteiger partial charge in [-0.15, -0.1) is 0 Å². The van der Waals surface area contributed by atoms with Gasteiger partial charge >= 0.3 is 0 Å². The van der Waals surface area contributed by atoms with E-state index in [0.717, 1.165) is 17.2 Å². The lowest BCUT2D eigenvalue weighted by atomic mass is 9.86. The van der Waals surface area contributed by atoms with Gasteiger partial charge in [0.15, 0.2) is 0 Å². The Morgan fingerprint density at radius 2 is 1.82 bits per heavy atom. The van der Waals surface area contributed by atoms with E-state index in [1.54, 1.807) is 0 Å². The lowest BCUT2D eigenvalue weighted by Gasteiger charge is -2.23. The maximum atomic E-state index is 4.60. The van der Waals surface area contributed by atoms with Crippen molar-refractivity contribution in [3.05, 3.63) is 41.6 Å². The number of aromatic nitrogens is 2. The zero-order valence-corrected chi connectivity index (χ0v) is 13.8. The average molecular weight is 296 g/mol. The quantitative estimate of drug-likeness (QED) is 0.878. The number of benzene rings is 1. The summed E-state index contributed by atoms with van der Waals surface area (Å²) in [6, 6.07) is 10.9. The molecule has 1 aromatic carbocycles. The van der Waals surface area contributed by atoms with Crippen molar-refractivity contribution in [1.29, 1.82) is 0 Å². The van der Waals surface area contributed by atoms with Crippen LogP contribution in [0.25, 0.3) is 0 Å². The summed E-state index contributed by atoms with van der Waals surface area (Å²) in [5.41, 5.74) is 3.37. The largest absolute Gasteiger partial charge is 0.367 e. The smallest absolute Gasteiger partial charge is 0.229 e. The van der Waals surface area contributed by atoms with E-state index in [-0.39, 0.29) is 5.41 Å². The van der Waals surface area contributed by atoms with Gasteiger partial charge in [-0.3, -0.25) is 0 Å². The molecule has 0 saturated heterocycles. The molecule has 0 amide bonds. The van der Waals surface area contributed by atoms with Gasteiger partial charge < -0.3 is 10.6 Å². The fraction of sp³-hybridized carbons (Fsp3) is 0.444. The second kappa shape index (κ2) is 5.59. The molecule has 2 aromatic rings. The number of hydrogen-bond donors (Lipinski definition) is 2. The van der Waals surface area contributed by atoms with Crippen LogP contribution in [-0.4, -0.2) is 16.0 Å². The van der Waals surface area contributed by atoms with Crippen molar-refractivity contribution in [1.82, 2.24) is 9.97 Å². The molecule has 0 bridgehead atoms. The molecule has 4 nitrogen and oxygen atoms in total. The number of para-hydroxylation sites is 1. The summed E-state index contributed by atoms with van der Waals surface area (Å²) in [7, 11) is 0. The van der Waals surface area contributed by atoms with E-state index in [0.29, 0.717) is 12.0 Å². The highest BCUT2D eigenvalue weighted by atomic mass is 15.2. The molecule has 0 spiro atoms. The van der Waals surface area contributed by atoms with Crippen molar-refractivity contribution in [3.8, 4) is 0 Å². The predicted octanol–water partition coefficient (Wildman–Crippen LogP) is 4.40. The summed E-state index contributed by atoms with van der Waals surface area (Å²) < 4.78 is 0. The molecule has 0 atom stereocenters. The van der Waals surface area contributed by atoms with Gasteiger partial charge in [0, 0.05) is 23.5 Å². The summed E-state index contributed by atoms with van der Waals surface area (Å²) in [6.07, 6.45) is 2.47. The first-order valence-electron chi connectivity index (χ1n) is 7.90. The first-order chi connectivity index (χ1) is 10.4. The van der Waals surface area contributed by atoms with Crippen molar-refractivity contribution in [3.63, 3.8) is 0 Å². The Morgan fingerprint density at radius 1 is 1.09 bits per heavy atom.